The number of anilines is 1. The van der Waals surface area contributed by atoms with Gasteiger partial charge in [-0.2, -0.15) is 0 Å². The highest BCUT2D eigenvalue weighted by Crippen LogP contribution is 2.27. The van der Waals surface area contributed by atoms with Crippen LogP contribution in [-0.4, -0.2) is 57.6 Å². The standard InChI is InChI=1S/C21H29N5O4S.HI/c1-5-16-6-8-17(9-7-16)15-25(3)21(22-2)24-13-12-23-19-11-10-18(31(4,29)30)14-20(19)26(27)28;/h6-11,14,23H,5,12-13,15H2,1-4H3,(H,22,24);1H. The number of nitro groups is 1. The second-order valence-electron chi connectivity index (χ2n) is 7.14. The van der Waals surface area contributed by atoms with Crippen molar-refractivity contribution in [3.05, 3.63) is 63.7 Å². The van der Waals surface area contributed by atoms with Gasteiger partial charge in [0, 0.05) is 46.1 Å². The number of hydrogen-bond acceptors (Lipinski definition) is 6. The molecule has 0 amide bonds. The zero-order valence-electron chi connectivity index (χ0n) is 18.7. The summed E-state index contributed by atoms with van der Waals surface area (Å²) in [5.74, 6) is 0.697. The molecule has 0 heterocycles. The second kappa shape index (κ2) is 12.6. The average molecular weight is 575 g/mol. The van der Waals surface area contributed by atoms with Crippen LogP contribution in [0.3, 0.4) is 0 Å². The predicted molar refractivity (Wildman–Crippen MR) is 139 cm³/mol. The highest BCUT2D eigenvalue weighted by molar-refractivity contribution is 14.0. The molecule has 0 radical (unpaired) electrons. The third kappa shape index (κ3) is 7.93. The summed E-state index contributed by atoms with van der Waals surface area (Å²) in [6, 6.07) is 12.3. The van der Waals surface area contributed by atoms with Crippen LogP contribution in [0.25, 0.3) is 0 Å². The van der Waals surface area contributed by atoms with Gasteiger partial charge >= 0.3 is 0 Å². The minimum Gasteiger partial charge on any atom is -0.378 e. The Kier molecular flexibility index (Phi) is 10.9. The van der Waals surface area contributed by atoms with E-state index in [9.17, 15) is 18.5 Å². The summed E-state index contributed by atoms with van der Waals surface area (Å²) in [4.78, 5) is 16.9. The van der Waals surface area contributed by atoms with Gasteiger partial charge in [-0.1, -0.05) is 31.2 Å². The molecule has 0 saturated heterocycles. The first-order chi connectivity index (χ1) is 14.7. The Balaban J connectivity index is 0.00000512. The highest BCUT2D eigenvalue weighted by atomic mass is 127. The Bertz CT molecular complexity index is 1040. The normalized spacial score (nSPS) is 11.4. The second-order valence-corrected chi connectivity index (χ2v) is 9.15. The number of benzene rings is 2. The van der Waals surface area contributed by atoms with Crippen molar-refractivity contribution < 1.29 is 13.3 Å². The van der Waals surface area contributed by atoms with Crippen LogP contribution in [0.15, 0.2) is 52.4 Å². The Morgan fingerprint density at radius 3 is 2.28 bits per heavy atom. The largest absolute Gasteiger partial charge is 0.378 e. The maximum atomic E-state index is 11.6. The van der Waals surface area contributed by atoms with Crippen LogP contribution < -0.4 is 10.6 Å². The maximum absolute atomic E-state index is 11.6. The molecule has 0 atom stereocenters. The van der Waals surface area contributed by atoms with Gasteiger partial charge in [0.05, 0.1) is 9.82 Å². The lowest BCUT2D eigenvalue weighted by atomic mass is 10.1. The number of nitrogens with one attached hydrogen (secondary N) is 2. The van der Waals surface area contributed by atoms with E-state index >= 15 is 0 Å². The summed E-state index contributed by atoms with van der Waals surface area (Å²) in [6.45, 7) is 3.67. The topological polar surface area (TPSA) is 117 Å². The van der Waals surface area contributed by atoms with E-state index in [1.54, 1.807) is 7.05 Å². The molecule has 11 heteroatoms. The molecule has 2 N–H and O–H groups in total. The summed E-state index contributed by atoms with van der Waals surface area (Å²) < 4.78 is 23.3. The Hall–Kier alpha value is -2.41. The molecular formula is C21H30IN5O4S. The zero-order chi connectivity index (χ0) is 23.0. The lowest BCUT2D eigenvalue weighted by Gasteiger charge is -2.22. The summed E-state index contributed by atoms with van der Waals surface area (Å²) in [6.07, 6.45) is 2.02. The van der Waals surface area contributed by atoms with Gasteiger partial charge in [0.25, 0.3) is 5.69 Å². The fraction of sp³-hybridized carbons (Fsp3) is 0.381. The SMILES string of the molecule is CCc1ccc(CN(C)C(=NC)NCCNc2ccc(S(C)(=O)=O)cc2[N+](=O)[O-])cc1.I. The van der Waals surface area contributed by atoms with E-state index in [-0.39, 0.29) is 40.2 Å². The Labute approximate surface area is 206 Å². The molecule has 0 unspecified atom stereocenters. The predicted octanol–water partition coefficient (Wildman–Crippen LogP) is 3.30. The van der Waals surface area contributed by atoms with E-state index in [0.717, 1.165) is 18.7 Å². The van der Waals surface area contributed by atoms with Crippen LogP contribution in [0.4, 0.5) is 11.4 Å². The molecule has 0 aliphatic carbocycles. The number of aryl methyl sites for hydroxylation is 1. The van der Waals surface area contributed by atoms with Crippen molar-refractivity contribution >= 4 is 51.1 Å². The van der Waals surface area contributed by atoms with Gasteiger partial charge in [-0.25, -0.2) is 8.42 Å². The maximum Gasteiger partial charge on any atom is 0.293 e. The van der Waals surface area contributed by atoms with Gasteiger partial charge in [-0.05, 0) is 29.7 Å². The number of aliphatic imine (C=N–C) groups is 1. The lowest BCUT2D eigenvalue weighted by molar-refractivity contribution is -0.384. The average Bonchev–Trinajstić information content (AvgIpc) is 2.73. The molecule has 176 valence electrons. The summed E-state index contributed by atoms with van der Waals surface area (Å²) in [5.41, 5.74) is 2.44. The Morgan fingerprint density at radius 2 is 1.75 bits per heavy atom. The van der Waals surface area contributed by atoms with Crippen molar-refractivity contribution in [2.75, 3.05) is 38.8 Å². The molecule has 2 aromatic rings. The molecule has 0 aliphatic rings. The Morgan fingerprint density at radius 1 is 1.12 bits per heavy atom. The van der Waals surface area contributed by atoms with E-state index < -0.39 is 14.8 Å². The first-order valence-electron chi connectivity index (χ1n) is 9.87. The van der Waals surface area contributed by atoms with Crippen LogP contribution in [0.2, 0.25) is 0 Å². The van der Waals surface area contributed by atoms with Gasteiger partial charge in [0.15, 0.2) is 15.8 Å². The van der Waals surface area contributed by atoms with Gasteiger partial charge in [0.2, 0.25) is 0 Å². The molecule has 2 rings (SSSR count). The molecule has 9 nitrogen and oxygen atoms in total. The van der Waals surface area contributed by atoms with Crippen molar-refractivity contribution in [1.29, 1.82) is 0 Å². The number of guanidine groups is 1. The van der Waals surface area contributed by atoms with Crippen LogP contribution in [0.1, 0.15) is 18.1 Å². The van der Waals surface area contributed by atoms with Crippen molar-refractivity contribution in [3.63, 3.8) is 0 Å². The number of hydrogen-bond donors (Lipinski definition) is 2. The monoisotopic (exact) mass is 575 g/mol. The van der Waals surface area contributed by atoms with E-state index in [1.165, 1.54) is 23.3 Å². The van der Waals surface area contributed by atoms with Gasteiger partial charge < -0.3 is 15.5 Å². The number of rotatable bonds is 9. The van der Waals surface area contributed by atoms with Crippen LogP contribution in [0.5, 0.6) is 0 Å². The molecule has 0 aromatic heterocycles. The number of nitro benzene ring substituents is 1. The van der Waals surface area contributed by atoms with Crippen molar-refractivity contribution in [1.82, 2.24) is 10.2 Å². The van der Waals surface area contributed by atoms with Gasteiger partial charge in [-0.15, -0.1) is 24.0 Å². The lowest BCUT2D eigenvalue weighted by Crippen LogP contribution is -2.40. The van der Waals surface area contributed by atoms with Crippen molar-refractivity contribution in [2.45, 2.75) is 24.8 Å². The summed E-state index contributed by atoms with van der Waals surface area (Å²) in [5, 5.41) is 17.5. The van der Waals surface area contributed by atoms with Crippen LogP contribution >= 0.6 is 24.0 Å². The smallest absolute Gasteiger partial charge is 0.293 e. The number of halogens is 1. The fourth-order valence-electron chi connectivity index (χ4n) is 3.03. The van der Waals surface area contributed by atoms with E-state index in [1.807, 2.05) is 11.9 Å². The van der Waals surface area contributed by atoms with Crippen molar-refractivity contribution in [3.8, 4) is 0 Å². The molecule has 0 bridgehead atoms. The third-order valence-electron chi connectivity index (χ3n) is 4.74. The molecule has 0 saturated carbocycles. The first kappa shape index (κ1) is 27.6. The zero-order valence-corrected chi connectivity index (χ0v) is 21.8. The molecule has 2 aromatic carbocycles. The third-order valence-corrected chi connectivity index (χ3v) is 5.85. The number of nitrogens with zero attached hydrogens (tertiary/aromatic N) is 3. The summed E-state index contributed by atoms with van der Waals surface area (Å²) in [7, 11) is 0.111. The van der Waals surface area contributed by atoms with Crippen LogP contribution in [-0.2, 0) is 22.8 Å². The molecule has 0 fully saturated rings. The molecule has 0 spiro atoms. The minimum absolute atomic E-state index is 0. The molecular weight excluding hydrogens is 545 g/mol. The molecule has 32 heavy (non-hydrogen) atoms. The van der Waals surface area contributed by atoms with Crippen LogP contribution in [0, 0.1) is 10.1 Å². The molecule has 0 aliphatic heterocycles. The number of sulfone groups is 1. The van der Waals surface area contributed by atoms with E-state index in [0.29, 0.717) is 25.6 Å². The minimum atomic E-state index is -3.52. The highest BCUT2D eigenvalue weighted by Gasteiger charge is 2.18. The van der Waals surface area contributed by atoms with E-state index in [4.69, 9.17) is 0 Å². The quantitative estimate of drug-likeness (QED) is 0.118. The van der Waals surface area contributed by atoms with Crippen molar-refractivity contribution in [2.24, 2.45) is 4.99 Å². The van der Waals surface area contributed by atoms with Gasteiger partial charge in [0.1, 0.15) is 5.69 Å². The van der Waals surface area contributed by atoms with Gasteiger partial charge in [-0.3, -0.25) is 15.1 Å². The fourth-order valence-corrected chi connectivity index (χ4v) is 3.67. The van der Waals surface area contributed by atoms with E-state index in [2.05, 4.69) is 46.8 Å². The first-order valence-corrected chi connectivity index (χ1v) is 11.8. The summed E-state index contributed by atoms with van der Waals surface area (Å²) >= 11 is 0.